The third kappa shape index (κ3) is 10.3. The Morgan fingerprint density at radius 2 is 1.19 bits per heavy atom. The quantitative estimate of drug-likeness (QED) is 0.0974. The average molecular weight is 1030 g/mol. The van der Waals surface area contributed by atoms with Crippen molar-refractivity contribution in [3.63, 3.8) is 0 Å². The number of benzene rings is 5. The summed E-state index contributed by atoms with van der Waals surface area (Å²) in [6, 6.07) is 29.2. The number of carbonyl (C=O) groups excluding carboxylic acids is 2. The zero-order chi connectivity index (χ0) is 47.4. The van der Waals surface area contributed by atoms with Gasteiger partial charge in [0, 0.05) is 49.8 Å². The van der Waals surface area contributed by atoms with Crippen molar-refractivity contribution in [2.45, 2.75) is 53.3 Å². The molecule has 346 valence electrons. The number of phenols is 2. The summed E-state index contributed by atoms with van der Waals surface area (Å²) in [6.07, 6.45) is 1.87. The number of carbonyl (C=O) groups is 2. The van der Waals surface area contributed by atoms with Gasteiger partial charge in [-0.2, -0.15) is 0 Å². The van der Waals surface area contributed by atoms with Crippen LogP contribution in [0.4, 0.5) is 0 Å². The number of phenolic OH excluding ortho intramolecular Hbond substituents is 2. The number of aryl methyl sites for hydroxylation is 1. The highest BCUT2D eigenvalue weighted by Crippen LogP contribution is 2.45. The molecular formula is C52H52Br2N6O7. The summed E-state index contributed by atoms with van der Waals surface area (Å²) in [5.74, 6) is 0.568. The van der Waals surface area contributed by atoms with Gasteiger partial charge in [-0.05, 0) is 126 Å². The van der Waals surface area contributed by atoms with Crippen molar-refractivity contribution < 1.29 is 33.6 Å². The molecule has 0 saturated carbocycles. The molecule has 0 atom stereocenters. The molecule has 0 fully saturated rings. The molecule has 0 spiro atoms. The van der Waals surface area contributed by atoms with Crippen LogP contribution in [0, 0.1) is 6.92 Å². The lowest BCUT2D eigenvalue weighted by molar-refractivity contribution is 0.0939. The summed E-state index contributed by atoms with van der Waals surface area (Å²) >= 11 is 6.94. The number of aromatic hydroxyl groups is 2. The van der Waals surface area contributed by atoms with Crippen LogP contribution in [0.1, 0.15) is 68.2 Å². The summed E-state index contributed by atoms with van der Waals surface area (Å²) in [5, 5.41) is 34.2. The van der Waals surface area contributed by atoms with Gasteiger partial charge in [-0.1, -0.05) is 93.0 Å². The highest BCUT2D eigenvalue weighted by atomic mass is 79.9. The monoisotopic (exact) mass is 1030 g/mol. The lowest BCUT2D eigenvalue weighted by Crippen LogP contribution is -2.26. The van der Waals surface area contributed by atoms with Gasteiger partial charge in [0.25, 0.3) is 11.8 Å². The van der Waals surface area contributed by atoms with E-state index >= 15 is 0 Å². The summed E-state index contributed by atoms with van der Waals surface area (Å²) in [7, 11) is 4.22. The molecule has 5 aromatic carbocycles. The molecule has 0 aliphatic carbocycles. The largest absolute Gasteiger partial charge is 0.507 e. The van der Waals surface area contributed by atoms with E-state index in [-0.39, 0.29) is 40.5 Å². The molecule has 7 aromatic rings. The molecule has 67 heavy (non-hydrogen) atoms. The lowest BCUT2D eigenvalue weighted by atomic mass is 9.92. The van der Waals surface area contributed by atoms with E-state index < -0.39 is 0 Å². The Morgan fingerprint density at radius 3 is 1.73 bits per heavy atom. The van der Waals surface area contributed by atoms with E-state index in [1.807, 2.05) is 69.3 Å². The second kappa shape index (κ2) is 20.7. The summed E-state index contributed by atoms with van der Waals surface area (Å²) in [5.41, 5.74) is 11.5. The number of halogens is 2. The molecular weight excluding hydrogens is 980 g/mol. The van der Waals surface area contributed by atoms with Crippen molar-refractivity contribution in [2.75, 3.05) is 40.3 Å². The highest BCUT2D eigenvalue weighted by Gasteiger charge is 2.30. The molecule has 0 unspecified atom stereocenters. The van der Waals surface area contributed by atoms with E-state index in [1.54, 1.807) is 6.07 Å². The number of amides is 2. The lowest BCUT2D eigenvalue weighted by Gasteiger charge is -2.25. The number of rotatable bonds is 11. The van der Waals surface area contributed by atoms with Gasteiger partial charge >= 0.3 is 0 Å². The van der Waals surface area contributed by atoms with Gasteiger partial charge in [0.15, 0.2) is 22.9 Å². The van der Waals surface area contributed by atoms with Crippen molar-refractivity contribution in [1.29, 1.82) is 0 Å². The summed E-state index contributed by atoms with van der Waals surface area (Å²) < 4.78 is 19.1. The standard InChI is InChI=1S/C30H30BrN3O3.C22H22BrN3O4/c1-4-32-30(35)28-27(22-10-11-23-17-34(3)13-12-21(23)15-22)29(37-33-28)24-16-25(31)19(2)14-26(24)36-18-20-8-6-5-7-9-20;1-3-24-22(29)20-19(13-4-5-14-11-26(2)7-6-12(14)8-13)21(30-25-20)15-9-16(23)18(28)10-17(15)27/h5-11,14-16H,4,12-13,17-18H2,1-3H3,(H,32,35);4-5,8-10,27-28H,3,6-7,11H2,1-2H3,(H,24,29). The third-order valence-electron chi connectivity index (χ3n) is 11.9. The molecule has 15 heteroatoms. The summed E-state index contributed by atoms with van der Waals surface area (Å²) in [6.45, 7) is 10.8. The second-order valence-electron chi connectivity index (χ2n) is 16.8. The Balaban J connectivity index is 0.000000186. The molecule has 0 bridgehead atoms. The van der Waals surface area contributed by atoms with E-state index in [2.05, 4.69) is 107 Å². The van der Waals surface area contributed by atoms with Crippen LogP contribution in [0.15, 0.2) is 109 Å². The summed E-state index contributed by atoms with van der Waals surface area (Å²) in [4.78, 5) is 30.3. The first-order chi connectivity index (χ1) is 32.3. The van der Waals surface area contributed by atoms with E-state index in [1.165, 1.54) is 28.3 Å². The Labute approximate surface area is 406 Å². The van der Waals surface area contributed by atoms with E-state index in [4.69, 9.17) is 13.8 Å². The molecule has 9 rings (SSSR count). The van der Waals surface area contributed by atoms with Crippen LogP contribution in [-0.4, -0.2) is 82.4 Å². The molecule has 0 radical (unpaired) electrons. The van der Waals surface area contributed by atoms with Crippen LogP contribution in [0.5, 0.6) is 17.2 Å². The molecule has 4 heterocycles. The molecule has 4 N–H and O–H groups in total. The van der Waals surface area contributed by atoms with Crippen molar-refractivity contribution in [2.24, 2.45) is 0 Å². The zero-order valence-corrected chi connectivity index (χ0v) is 41.2. The molecule has 0 saturated heterocycles. The van der Waals surface area contributed by atoms with Crippen molar-refractivity contribution in [3.05, 3.63) is 145 Å². The van der Waals surface area contributed by atoms with Crippen LogP contribution in [0.3, 0.4) is 0 Å². The van der Waals surface area contributed by atoms with Crippen LogP contribution in [0.2, 0.25) is 0 Å². The zero-order valence-electron chi connectivity index (χ0n) is 38.0. The number of likely N-dealkylation sites (N-methyl/N-ethyl adjacent to an activating group) is 2. The van der Waals surface area contributed by atoms with Crippen LogP contribution in [0.25, 0.3) is 44.9 Å². The number of hydrogen-bond donors (Lipinski definition) is 4. The molecule has 2 amide bonds. The maximum absolute atomic E-state index is 13.1. The van der Waals surface area contributed by atoms with E-state index in [0.717, 1.165) is 71.3 Å². The van der Waals surface area contributed by atoms with E-state index in [9.17, 15) is 19.8 Å². The number of hydrogen-bond acceptors (Lipinski definition) is 11. The van der Waals surface area contributed by atoms with Crippen LogP contribution < -0.4 is 15.4 Å². The third-order valence-corrected chi connectivity index (χ3v) is 13.4. The first-order valence-electron chi connectivity index (χ1n) is 22.2. The molecule has 2 aliphatic heterocycles. The number of nitrogens with one attached hydrogen (secondary N) is 2. The second-order valence-corrected chi connectivity index (χ2v) is 18.5. The van der Waals surface area contributed by atoms with Gasteiger partial charge in [0.05, 0.1) is 26.7 Å². The van der Waals surface area contributed by atoms with Crippen molar-refractivity contribution in [1.82, 2.24) is 30.7 Å². The Hall–Kier alpha value is -6.26. The average Bonchev–Trinajstić information content (AvgIpc) is 3.97. The SMILES string of the molecule is CCNC(=O)c1noc(-c2cc(Br)c(C)cc2OCc2ccccc2)c1-c1ccc2c(c1)CCN(C)C2.CCNC(=O)c1noc(-c2cc(Br)c(O)cc2O)c1-c1ccc2c(c1)CCN(C)C2. The van der Waals surface area contributed by atoms with Crippen molar-refractivity contribution in [3.8, 4) is 62.1 Å². The normalized spacial score (nSPS) is 13.5. The number of aromatic nitrogens is 2. The highest BCUT2D eigenvalue weighted by molar-refractivity contribution is 9.10. The van der Waals surface area contributed by atoms with Crippen LogP contribution >= 0.6 is 31.9 Å². The van der Waals surface area contributed by atoms with Gasteiger partial charge in [-0.15, -0.1) is 0 Å². The predicted molar refractivity (Wildman–Crippen MR) is 265 cm³/mol. The maximum Gasteiger partial charge on any atom is 0.274 e. The van der Waals surface area contributed by atoms with Crippen molar-refractivity contribution >= 4 is 43.7 Å². The minimum absolute atomic E-state index is 0.0980. The Kier molecular flexibility index (Phi) is 14.6. The van der Waals surface area contributed by atoms with Gasteiger partial charge < -0.3 is 44.4 Å². The minimum Gasteiger partial charge on any atom is -0.507 e. The first-order valence-corrected chi connectivity index (χ1v) is 23.8. The fraction of sp³-hybridized carbons (Fsp3) is 0.269. The maximum atomic E-state index is 13.1. The van der Waals surface area contributed by atoms with Crippen LogP contribution in [-0.2, 0) is 32.5 Å². The topological polar surface area (TPSA) is 166 Å². The van der Waals surface area contributed by atoms with Gasteiger partial charge in [-0.25, -0.2) is 0 Å². The van der Waals surface area contributed by atoms with Gasteiger partial charge in [-0.3, -0.25) is 9.59 Å². The molecule has 2 aliphatic rings. The predicted octanol–water partition coefficient (Wildman–Crippen LogP) is 10.3. The fourth-order valence-corrected chi connectivity index (χ4v) is 9.09. The Bertz CT molecular complexity index is 2950. The van der Waals surface area contributed by atoms with E-state index in [0.29, 0.717) is 52.4 Å². The number of fused-ring (bicyclic) bond motifs is 2. The molecule has 13 nitrogen and oxygen atoms in total. The smallest absolute Gasteiger partial charge is 0.274 e. The van der Waals surface area contributed by atoms with Gasteiger partial charge in [0.1, 0.15) is 23.9 Å². The number of ether oxygens (including phenoxy) is 1. The Morgan fingerprint density at radius 1 is 0.672 bits per heavy atom. The minimum atomic E-state index is -0.350. The fourth-order valence-electron chi connectivity index (χ4n) is 8.40. The first kappa shape index (κ1) is 47.2. The number of nitrogens with zero attached hydrogens (tertiary/aromatic N) is 4. The molecule has 2 aromatic heterocycles. The van der Waals surface area contributed by atoms with Gasteiger partial charge in [0.2, 0.25) is 0 Å².